The van der Waals surface area contributed by atoms with Crippen molar-refractivity contribution in [1.82, 2.24) is 14.3 Å². The lowest BCUT2D eigenvalue weighted by Crippen LogP contribution is -2.40. The lowest BCUT2D eigenvalue weighted by Gasteiger charge is -2.30. The lowest BCUT2D eigenvalue weighted by molar-refractivity contribution is -0.113. The zero-order chi connectivity index (χ0) is 18.0. The number of carbonyl (C=O) groups excluding carboxylic acids is 1. The first kappa shape index (κ1) is 16.7. The molecule has 1 aliphatic rings. The molecule has 0 saturated heterocycles. The SMILES string of the molecule is C=CCN1C(C(=O)Nc2ncccn2)=C(O)c2ccccc2S1(=O)=O. The summed E-state index contributed by atoms with van der Waals surface area (Å²) < 4.78 is 26.5. The number of nitrogens with one attached hydrogen (secondary N) is 1. The molecule has 128 valence electrons. The number of fused-ring (bicyclic) bond motifs is 1. The van der Waals surface area contributed by atoms with Crippen molar-refractivity contribution in [2.45, 2.75) is 4.90 Å². The van der Waals surface area contributed by atoms with Gasteiger partial charge >= 0.3 is 0 Å². The molecule has 0 atom stereocenters. The number of hydrogen-bond acceptors (Lipinski definition) is 6. The van der Waals surface area contributed by atoms with Gasteiger partial charge in [0.15, 0.2) is 11.5 Å². The highest BCUT2D eigenvalue weighted by molar-refractivity contribution is 7.89. The van der Waals surface area contributed by atoms with Crippen LogP contribution < -0.4 is 5.32 Å². The lowest BCUT2D eigenvalue weighted by atomic mass is 10.1. The van der Waals surface area contributed by atoms with Crippen LogP contribution in [0.2, 0.25) is 0 Å². The van der Waals surface area contributed by atoms with Crippen LogP contribution in [0.25, 0.3) is 5.76 Å². The van der Waals surface area contributed by atoms with E-state index in [4.69, 9.17) is 0 Å². The Kier molecular flexibility index (Phi) is 4.24. The van der Waals surface area contributed by atoms with Gasteiger partial charge in [0.2, 0.25) is 5.95 Å². The van der Waals surface area contributed by atoms with Gasteiger partial charge in [-0.05, 0) is 18.2 Å². The smallest absolute Gasteiger partial charge is 0.279 e. The highest BCUT2D eigenvalue weighted by Gasteiger charge is 2.39. The zero-order valence-electron chi connectivity index (χ0n) is 13.0. The van der Waals surface area contributed by atoms with Crippen LogP contribution in [0.5, 0.6) is 0 Å². The van der Waals surface area contributed by atoms with E-state index in [-0.39, 0.29) is 23.0 Å². The number of sulfonamides is 1. The minimum atomic E-state index is -4.02. The number of carbonyl (C=O) groups is 1. The second-order valence-corrected chi connectivity index (χ2v) is 6.88. The molecule has 0 saturated carbocycles. The van der Waals surface area contributed by atoms with Crippen molar-refractivity contribution in [2.24, 2.45) is 0 Å². The summed E-state index contributed by atoms with van der Waals surface area (Å²) in [6.45, 7) is 3.33. The quantitative estimate of drug-likeness (QED) is 0.802. The Morgan fingerprint density at radius 3 is 2.60 bits per heavy atom. The largest absolute Gasteiger partial charge is 0.505 e. The molecule has 0 bridgehead atoms. The molecule has 0 radical (unpaired) electrons. The fourth-order valence-corrected chi connectivity index (χ4v) is 4.07. The molecule has 0 unspecified atom stereocenters. The molecule has 2 aromatic rings. The minimum absolute atomic E-state index is 0.0115. The molecule has 8 nitrogen and oxygen atoms in total. The maximum atomic E-state index is 12.8. The summed E-state index contributed by atoms with van der Waals surface area (Å²) in [5.41, 5.74) is -0.354. The number of aliphatic hydroxyl groups excluding tert-OH is 1. The fraction of sp³-hybridized carbons (Fsp3) is 0.0625. The summed E-state index contributed by atoms with van der Waals surface area (Å²) in [4.78, 5) is 20.2. The molecule has 0 fully saturated rings. The van der Waals surface area contributed by atoms with Gasteiger partial charge in [0, 0.05) is 18.0 Å². The Morgan fingerprint density at radius 2 is 1.92 bits per heavy atom. The van der Waals surface area contributed by atoms with Crippen LogP contribution in [0.15, 0.2) is 66.0 Å². The Balaban J connectivity index is 2.14. The molecule has 9 heteroatoms. The van der Waals surface area contributed by atoms with Gasteiger partial charge in [-0.3, -0.25) is 14.4 Å². The van der Waals surface area contributed by atoms with Gasteiger partial charge in [0.25, 0.3) is 15.9 Å². The monoisotopic (exact) mass is 358 g/mol. The zero-order valence-corrected chi connectivity index (χ0v) is 13.8. The first-order chi connectivity index (χ1) is 12.0. The summed E-state index contributed by atoms with van der Waals surface area (Å²) in [6.07, 6.45) is 4.17. The normalized spacial score (nSPS) is 15.4. The van der Waals surface area contributed by atoms with Crippen molar-refractivity contribution in [1.29, 1.82) is 0 Å². The van der Waals surface area contributed by atoms with Gasteiger partial charge < -0.3 is 5.11 Å². The van der Waals surface area contributed by atoms with E-state index in [9.17, 15) is 18.3 Å². The topological polar surface area (TPSA) is 112 Å². The Morgan fingerprint density at radius 1 is 1.24 bits per heavy atom. The van der Waals surface area contributed by atoms with Crippen LogP contribution in [0.1, 0.15) is 5.56 Å². The molecule has 2 N–H and O–H groups in total. The molecular weight excluding hydrogens is 344 g/mol. The summed E-state index contributed by atoms with van der Waals surface area (Å²) in [7, 11) is -4.02. The standard InChI is InChI=1S/C16H14N4O4S/c1-2-10-20-13(15(22)19-16-17-8-5-9-18-16)14(21)11-6-3-4-7-12(11)25(20,23)24/h2-9,21H,1,10H2,(H,17,18,19,22). The van der Waals surface area contributed by atoms with Crippen molar-refractivity contribution in [3.05, 3.63) is 66.6 Å². The van der Waals surface area contributed by atoms with Gasteiger partial charge in [0.05, 0.1) is 11.4 Å². The fourth-order valence-electron chi connectivity index (χ4n) is 2.42. The molecule has 2 heterocycles. The highest BCUT2D eigenvalue weighted by Crippen LogP contribution is 2.35. The first-order valence-corrected chi connectivity index (χ1v) is 8.65. The van der Waals surface area contributed by atoms with Crippen molar-refractivity contribution in [3.63, 3.8) is 0 Å². The van der Waals surface area contributed by atoms with Gasteiger partial charge in [-0.2, -0.15) is 0 Å². The number of aromatic nitrogens is 2. The molecule has 1 aromatic heterocycles. The van der Waals surface area contributed by atoms with Gasteiger partial charge in [-0.1, -0.05) is 18.2 Å². The van der Waals surface area contributed by atoms with Crippen LogP contribution in [-0.2, 0) is 14.8 Å². The van der Waals surface area contributed by atoms with E-state index in [1.165, 1.54) is 30.6 Å². The second-order valence-electron chi connectivity index (χ2n) is 5.04. The molecule has 3 rings (SSSR count). The van der Waals surface area contributed by atoms with Crippen LogP contribution in [0, 0.1) is 0 Å². The van der Waals surface area contributed by atoms with Crippen LogP contribution in [-0.4, -0.2) is 40.2 Å². The van der Waals surface area contributed by atoms with E-state index in [0.29, 0.717) is 0 Å². The third-order valence-corrected chi connectivity index (χ3v) is 5.31. The maximum absolute atomic E-state index is 12.8. The number of aliphatic hydroxyl groups is 1. The van der Waals surface area contributed by atoms with Gasteiger partial charge in [-0.15, -0.1) is 6.58 Å². The van der Waals surface area contributed by atoms with Crippen molar-refractivity contribution < 1.29 is 18.3 Å². The average molecular weight is 358 g/mol. The number of amides is 1. The van der Waals surface area contributed by atoms with Crippen molar-refractivity contribution in [2.75, 3.05) is 11.9 Å². The average Bonchev–Trinajstić information content (AvgIpc) is 2.61. The first-order valence-electron chi connectivity index (χ1n) is 7.21. The van der Waals surface area contributed by atoms with E-state index in [2.05, 4.69) is 21.9 Å². The van der Waals surface area contributed by atoms with Crippen LogP contribution in [0.4, 0.5) is 5.95 Å². The number of nitrogens with zero attached hydrogens (tertiary/aromatic N) is 3. The van der Waals surface area contributed by atoms with Crippen molar-refractivity contribution in [3.8, 4) is 0 Å². The van der Waals surface area contributed by atoms with Gasteiger partial charge in [0.1, 0.15) is 0 Å². The summed E-state index contributed by atoms with van der Waals surface area (Å²) in [5, 5.41) is 12.9. The molecule has 1 aromatic carbocycles. The van der Waals surface area contributed by atoms with Gasteiger partial charge in [-0.25, -0.2) is 18.4 Å². The molecule has 0 aliphatic carbocycles. The van der Waals surface area contributed by atoms with E-state index in [1.54, 1.807) is 18.2 Å². The Bertz CT molecular complexity index is 971. The Labute approximate surface area is 144 Å². The summed E-state index contributed by atoms with van der Waals surface area (Å²) in [5.74, 6) is -1.30. The molecule has 1 aliphatic heterocycles. The molecular formula is C16H14N4O4S. The minimum Gasteiger partial charge on any atom is -0.505 e. The third-order valence-electron chi connectivity index (χ3n) is 3.49. The summed E-state index contributed by atoms with van der Waals surface area (Å²) in [6, 6.07) is 7.48. The predicted octanol–water partition coefficient (Wildman–Crippen LogP) is 1.53. The molecule has 1 amide bonds. The van der Waals surface area contributed by atoms with Crippen LogP contribution in [0.3, 0.4) is 0 Å². The van der Waals surface area contributed by atoms with E-state index < -0.39 is 27.4 Å². The number of rotatable bonds is 4. The number of benzene rings is 1. The van der Waals surface area contributed by atoms with Crippen molar-refractivity contribution >= 4 is 27.6 Å². The number of anilines is 1. The maximum Gasteiger partial charge on any atom is 0.279 e. The molecule has 25 heavy (non-hydrogen) atoms. The highest BCUT2D eigenvalue weighted by atomic mass is 32.2. The third kappa shape index (κ3) is 2.85. The van der Waals surface area contributed by atoms with E-state index >= 15 is 0 Å². The van der Waals surface area contributed by atoms with E-state index in [1.807, 2.05) is 0 Å². The second kappa shape index (κ2) is 6.36. The number of hydrogen-bond donors (Lipinski definition) is 2. The summed E-state index contributed by atoms with van der Waals surface area (Å²) >= 11 is 0. The Hall–Kier alpha value is -3.20. The van der Waals surface area contributed by atoms with E-state index in [0.717, 1.165) is 4.31 Å². The van der Waals surface area contributed by atoms with Crippen LogP contribution >= 0.6 is 0 Å². The molecule has 0 spiro atoms. The predicted molar refractivity (Wildman–Crippen MR) is 90.7 cm³/mol.